The van der Waals surface area contributed by atoms with E-state index >= 15 is 0 Å². The van der Waals surface area contributed by atoms with Crippen molar-refractivity contribution in [1.29, 1.82) is 0 Å². The third-order valence-electron chi connectivity index (χ3n) is 29.7. The number of likely N-dealkylation sites (N-methyl/N-ethyl adjacent to an activating group) is 1. The van der Waals surface area contributed by atoms with Crippen molar-refractivity contribution < 1.29 is 14.3 Å². The molecule has 6 saturated carbocycles. The number of carbonyl (C=O) groups is 1. The smallest absolute Gasteiger partial charge is 0.410 e. The molecule has 0 unspecified atom stereocenters. The van der Waals surface area contributed by atoms with Crippen molar-refractivity contribution in [2.45, 2.75) is 256 Å². The molecule has 4 heterocycles. The highest BCUT2D eigenvalue weighted by atomic mass is 35.5. The van der Waals surface area contributed by atoms with Gasteiger partial charge in [0.25, 0.3) is 0 Å². The van der Waals surface area contributed by atoms with Crippen molar-refractivity contribution in [2.75, 3.05) is 132 Å². The fourth-order valence-corrected chi connectivity index (χ4v) is 21.9. The quantitative estimate of drug-likeness (QED) is 0.0475. The van der Waals surface area contributed by atoms with E-state index in [2.05, 4.69) is 170 Å². The minimum absolute atomic E-state index is 0.0322. The third kappa shape index (κ3) is 23.7. The van der Waals surface area contributed by atoms with Crippen LogP contribution in [0.25, 0.3) is 0 Å². The van der Waals surface area contributed by atoms with Crippen molar-refractivity contribution in [1.82, 2.24) is 34.7 Å². The standard InChI is InChI=1S/C25H32ClN3O2.2C19H30N2.C18H29N3.C17H26N2O/c26-22-8-4-7-21(17-22)25(19-27)11-9-23(10-12-25)28-13-15-29(16-14-28)24(30)31-18-20-5-2-1-3-6-20;20-15-19(16-7-3-1-4-8-16)13-11-18(12-14-19)21-17-9-5-2-6-10-17;20-16-19(17-8-4-3-5-9-17)12-10-18(11-13-19)21-14-6-1-2-7-15-21;1-20-11-13-21(14-12-20)17-7-9-18(15-19,10-8-17)16-5-3-2-4-6-16;18-14-17(15-4-2-1-3-5-15)8-6-16(7-9-17)19-10-12-20-13-11-19/h1-8,17,23H,9-16,18-19,27H2;1,3-4,7-8,17-18,21H,2,5-6,9-15,20H2;3-5,8-9,18H,1-2,6-7,10-16,20H2;2-6,17H,7-15,19H2,1H3;1-5,16H,6-14,18H2. The van der Waals surface area contributed by atoms with Crippen LogP contribution < -0.4 is 34.0 Å². The Balaban J connectivity index is 0.000000133. The largest absolute Gasteiger partial charge is 0.445 e. The fraction of sp³-hybridized carbons (Fsp3) is 0.622. The second kappa shape index (κ2) is 44.4. The minimum atomic E-state index is -0.213. The Kier molecular flexibility index (Phi) is 34.2. The number of rotatable bonds is 18. The predicted molar refractivity (Wildman–Crippen MR) is 473 cm³/mol. The van der Waals surface area contributed by atoms with E-state index in [1.54, 1.807) is 0 Å². The first-order valence-corrected chi connectivity index (χ1v) is 45.6. The molecule has 6 aromatic rings. The second-order valence-corrected chi connectivity index (χ2v) is 36.5. The van der Waals surface area contributed by atoms with E-state index in [-0.39, 0.29) is 33.2 Å². The summed E-state index contributed by atoms with van der Waals surface area (Å²) >= 11 is 6.24. The van der Waals surface area contributed by atoms with Gasteiger partial charge in [-0.25, -0.2) is 4.79 Å². The molecule has 4 aliphatic heterocycles. The first-order chi connectivity index (χ1) is 55.8. The third-order valence-corrected chi connectivity index (χ3v) is 29.9. The van der Waals surface area contributed by atoms with Crippen molar-refractivity contribution in [2.24, 2.45) is 28.7 Å². The molecule has 0 spiro atoms. The topological polar surface area (TPSA) is 197 Å². The van der Waals surface area contributed by atoms with E-state index in [0.717, 1.165) is 145 Å². The number of likely N-dealkylation sites (tertiary alicyclic amines) is 1. The molecule has 6 aliphatic carbocycles. The molecule has 0 aromatic heterocycles. The molecule has 4 saturated heterocycles. The molecule has 0 bridgehead atoms. The van der Waals surface area contributed by atoms with Crippen LogP contribution in [0.2, 0.25) is 5.02 Å². The number of benzene rings is 6. The van der Waals surface area contributed by atoms with E-state index in [9.17, 15) is 4.79 Å². The lowest BCUT2D eigenvalue weighted by atomic mass is 9.68. The van der Waals surface area contributed by atoms with Gasteiger partial charge >= 0.3 is 6.09 Å². The van der Waals surface area contributed by atoms with E-state index in [4.69, 9.17) is 49.7 Å². The zero-order chi connectivity index (χ0) is 79.3. The molecule has 10 fully saturated rings. The van der Waals surface area contributed by atoms with Gasteiger partial charge in [0.1, 0.15) is 6.61 Å². The van der Waals surface area contributed by atoms with Crippen molar-refractivity contribution in [3.05, 3.63) is 214 Å². The average Bonchev–Trinajstić information content (AvgIpc) is 0.929. The highest BCUT2D eigenvalue weighted by Gasteiger charge is 2.43. The summed E-state index contributed by atoms with van der Waals surface area (Å²) in [6.07, 6.45) is 37.2. The van der Waals surface area contributed by atoms with Crippen molar-refractivity contribution in [3.8, 4) is 0 Å². The van der Waals surface area contributed by atoms with Gasteiger partial charge in [0.05, 0.1) is 13.2 Å². The average molecular weight is 1580 g/mol. The number of halogens is 1. The maximum atomic E-state index is 12.4. The number of amides is 1. The molecule has 15 nitrogen and oxygen atoms in total. The van der Waals surface area contributed by atoms with Gasteiger partial charge in [-0.1, -0.05) is 207 Å². The number of hydrogen-bond donors (Lipinski definition) is 6. The van der Waals surface area contributed by atoms with Gasteiger partial charge in [0.15, 0.2) is 0 Å². The summed E-state index contributed by atoms with van der Waals surface area (Å²) in [5.41, 5.74) is 40.0. The number of morpholine rings is 1. The van der Waals surface area contributed by atoms with E-state index in [1.165, 1.54) is 228 Å². The van der Waals surface area contributed by atoms with Crippen molar-refractivity contribution in [3.63, 3.8) is 0 Å². The molecule has 1 amide bonds. The first kappa shape index (κ1) is 87.7. The van der Waals surface area contributed by atoms with Crippen LogP contribution in [0.3, 0.4) is 0 Å². The van der Waals surface area contributed by atoms with E-state index in [0.29, 0.717) is 19.2 Å². The summed E-state index contributed by atoms with van der Waals surface area (Å²) in [6.45, 7) is 18.9. The monoisotopic (exact) mass is 1580 g/mol. The number of carbonyl (C=O) groups excluding carboxylic acids is 1. The summed E-state index contributed by atoms with van der Waals surface area (Å²) in [5, 5.41) is 4.71. The number of nitrogens with zero attached hydrogens (tertiary/aromatic N) is 6. The van der Waals surface area contributed by atoms with Gasteiger partial charge in [-0.3, -0.25) is 14.7 Å². The van der Waals surface area contributed by atoms with Crippen LogP contribution in [0.1, 0.15) is 220 Å². The predicted octanol–water partition coefficient (Wildman–Crippen LogP) is 16.1. The molecule has 10 aliphatic rings. The summed E-state index contributed by atoms with van der Waals surface area (Å²) in [6, 6.07) is 66.1. The molecule has 0 radical (unpaired) electrons. The Morgan fingerprint density at radius 1 is 0.368 bits per heavy atom. The van der Waals surface area contributed by atoms with E-state index < -0.39 is 0 Å². The van der Waals surface area contributed by atoms with Crippen molar-refractivity contribution >= 4 is 17.7 Å². The number of nitrogens with two attached hydrogens (primary N) is 5. The summed E-state index contributed by atoms with van der Waals surface area (Å²) in [5.74, 6) is 0. The summed E-state index contributed by atoms with van der Waals surface area (Å²) in [7, 11) is 2.23. The zero-order valence-corrected chi connectivity index (χ0v) is 70.8. The first-order valence-electron chi connectivity index (χ1n) is 45.3. The molecule has 114 heavy (non-hydrogen) atoms. The van der Waals surface area contributed by atoms with Crippen LogP contribution in [-0.4, -0.2) is 203 Å². The lowest BCUT2D eigenvalue weighted by Gasteiger charge is -2.45. The van der Waals surface area contributed by atoms with Crippen LogP contribution in [0.5, 0.6) is 0 Å². The fourth-order valence-electron chi connectivity index (χ4n) is 21.7. The number of ether oxygens (including phenoxy) is 2. The number of piperazine rings is 2. The lowest BCUT2D eigenvalue weighted by molar-refractivity contribution is 0.00307. The Hall–Kier alpha value is -5.60. The van der Waals surface area contributed by atoms with Gasteiger partial charge in [0, 0.05) is 167 Å². The van der Waals surface area contributed by atoms with Gasteiger partial charge < -0.3 is 58.2 Å². The Bertz CT molecular complexity index is 3620. The van der Waals surface area contributed by atoms with Gasteiger partial charge in [0.2, 0.25) is 0 Å². The Morgan fingerprint density at radius 2 is 0.684 bits per heavy atom. The van der Waals surface area contributed by atoms with Crippen LogP contribution in [-0.2, 0) is 43.2 Å². The SMILES string of the molecule is CN1CCN(C2CCC(CN)(c3ccccc3)CC2)CC1.NCC1(c2cccc(Cl)c2)CCC(N2CCN(C(=O)OCc3ccccc3)CC2)CC1.NCC1(c2ccccc2)CCC(N2CCCCCC2)CC1.NCC1(c2ccccc2)CCC(N2CCOCC2)CC1.NCC1(c2ccccc2)CCC(NC2CCCCC2)CC1. The van der Waals surface area contributed by atoms with Crippen LogP contribution in [0.15, 0.2) is 176 Å². The molecular formula is C98H147ClN12O3. The maximum absolute atomic E-state index is 12.4. The highest BCUT2D eigenvalue weighted by Crippen LogP contribution is 2.46. The Morgan fingerprint density at radius 3 is 1.06 bits per heavy atom. The van der Waals surface area contributed by atoms with Crippen LogP contribution in [0.4, 0.5) is 4.79 Å². The van der Waals surface area contributed by atoms with Gasteiger partial charge in [-0.2, -0.15) is 0 Å². The minimum Gasteiger partial charge on any atom is -0.445 e. The van der Waals surface area contributed by atoms with Gasteiger partial charge in [-0.05, 0) is 220 Å². The molecule has 16 heteroatoms. The van der Waals surface area contributed by atoms with Crippen LogP contribution >= 0.6 is 11.6 Å². The Labute approximate surface area is 693 Å². The molecule has 6 aromatic carbocycles. The molecule has 11 N–H and O–H groups in total. The molecule has 16 rings (SSSR count). The number of hydrogen-bond acceptors (Lipinski definition) is 14. The van der Waals surface area contributed by atoms with Gasteiger partial charge in [-0.15, -0.1) is 0 Å². The molecule has 624 valence electrons. The normalized spacial score (nSPS) is 29.9. The van der Waals surface area contributed by atoms with Crippen LogP contribution in [0, 0.1) is 0 Å². The second-order valence-electron chi connectivity index (χ2n) is 36.1. The summed E-state index contributed by atoms with van der Waals surface area (Å²) in [4.78, 5) is 27.3. The highest BCUT2D eigenvalue weighted by molar-refractivity contribution is 6.30. The number of nitrogens with one attached hydrogen (secondary N) is 1. The maximum Gasteiger partial charge on any atom is 0.410 e. The zero-order valence-electron chi connectivity index (χ0n) is 70.0. The molecular weight excluding hydrogens is 1430 g/mol. The molecule has 0 atom stereocenters. The van der Waals surface area contributed by atoms with E-state index in [1.807, 2.05) is 47.4 Å². The summed E-state index contributed by atoms with van der Waals surface area (Å²) < 4.78 is 11.0. The lowest BCUT2D eigenvalue weighted by Crippen LogP contribution is -2.54.